The number of nitrogens with zero attached hydrogens (tertiary/aromatic N) is 1. The molecule has 4 rings (SSSR count). The minimum absolute atomic E-state index is 0.0561. The van der Waals surface area contributed by atoms with Crippen LogP contribution in [0.25, 0.3) is 22.5 Å². The Morgan fingerprint density at radius 2 is 1.48 bits per heavy atom. The third-order valence-electron chi connectivity index (χ3n) is 4.69. The van der Waals surface area contributed by atoms with Gasteiger partial charge in [0, 0.05) is 16.8 Å². The summed E-state index contributed by atoms with van der Waals surface area (Å²) in [5.74, 6) is 1.24. The van der Waals surface area contributed by atoms with Gasteiger partial charge in [0.15, 0.2) is 6.61 Å². The van der Waals surface area contributed by atoms with Crippen molar-refractivity contribution >= 4 is 11.6 Å². The van der Waals surface area contributed by atoms with Crippen LogP contribution in [0.15, 0.2) is 97.1 Å². The molecule has 1 heterocycles. The number of para-hydroxylation sites is 1. The fraction of sp³-hybridized carbons (Fsp3) is 0.0769. The van der Waals surface area contributed by atoms with E-state index in [4.69, 9.17) is 14.5 Å². The average molecular weight is 410 g/mol. The molecule has 0 saturated carbocycles. The van der Waals surface area contributed by atoms with Crippen molar-refractivity contribution in [3.05, 3.63) is 97.1 Å². The lowest BCUT2D eigenvalue weighted by atomic mass is 10.1. The second-order valence-electron chi connectivity index (χ2n) is 6.87. The van der Waals surface area contributed by atoms with Crippen molar-refractivity contribution in [3.8, 4) is 34.0 Å². The predicted octanol–water partition coefficient (Wildman–Crippen LogP) is 5.44. The molecule has 4 aromatic rings. The third kappa shape index (κ3) is 5.28. The number of ether oxygens (including phenoxy) is 2. The number of rotatable bonds is 7. The highest BCUT2D eigenvalue weighted by Gasteiger charge is 2.07. The second kappa shape index (κ2) is 9.59. The minimum atomic E-state index is -0.221. The van der Waals surface area contributed by atoms with Gasteiger partial charge in [-0.2, -0.15) is 0 Å². The summed E-state index contributed by atoms with van der Waals surface area (Å²) in [6.07, 6.45) is 0. The van der Waals surface area contributed by atoms with Crippen LogP contribution in [0.3, 0.4) is 0 Å². The summed E-state index contributed by atoms with van der Waals surface area (Å²) in [5.41, 5.74) is 4.30. The number of aromatic nitrogens is 1. The maximum Gasteiger partial charge on any atom is 0.262 e. The van der Waals surface area contributed by atoms with E-state index in [9.17, 15) is 4.79 Å². The zero-order valence-corrected chi connectivity index (χ0v) is 17.1. The van der Waals surface area contributed by atoms with E-state index in [2.05, 4.69) is 5.32 Å². The van der Waals surface area contributed by atoms with Gasteiger partial charge >= 0.3 is 0 Å². The number of carbonyl (C=O) groups is 1. The maximum absolute atomic E-state index is 12.3. The first-order valence-corrected chi connectivity index (χ1v) is 9.91. The summed E-state index contributed by atoms with van der Waals surface area (Å²) in [5, 5.41) is 2.88. The van der Waals surface area contributed by atoms with Crippen LogP contribution in [0.1, 0.15) is 0 Å². The van der Waals surface area contributed by atoms with Crippen molar-refractivity contribution in [2.24, 2.45) is 0 Å². The maximum atomic E-state index is 12.3. The van der Waals surface area contributed by atoms with E-state index in [1.807, 2.05) is 97.1 Å². The van der Waals surface area contributed by atoms with Crippen molar-refractivity contribution < 1.29 is 14.3 Å². The molecular weight excluding hydrogens is 388 g/mol. The summed E-state index contributed by atoms with van der Waals surface area (Å²) in [4.78, 5) is 17.0. The van der Waals surface area contributed by atoms with Crippen molar-refractivity contribution in [3.63, 3.8) is 0 Å². The van der Waals surface area contributed by atoms with E-state index in [0.29, 0.717) is 11.4 Å². The van der Waals surface area contributed by atoms with Gasteiger partial charge in [0.25, 0.3) is 5.91 Å². The van der Waals surface area contributed by atoms with Crippen LogP contribution in [-0.2, 0) is 4.79 Å². The highest BCUT2D eigenvalue weighted by atomic mass is 16.5. The SMILES string of the molecule is COc1ccc(-c2cccc(-c3cccc(NC(=O)COc4ccccc4)c3)n2)cc1. The monoisotopic (exact) mass is 410 g/mol. The molecule has 1 N–H and O–H groups in total. The Kier molecular flexibility index (Phi) is 6.24. The molecule has 3 aromatic carbocycles. The summed E-state index contributed by atoms with van der Waals surface area (Å²) in [6.45, 7) is -0.0561. The Balaban J connectivity index is 1.47. The van der Waals surface area contributed by atoms with E-state index in [1.165, 1.54) is 0 Å². The topological polar surface area (TPSA) is 60.5 Å². The van der Waals surface area contributed by atoms with E-state index in [0.717, 1.165) is 28.3 Å². The van der Waals surface area contributed by atoms with Crippen molar-refractivity contribution in [1.82, 2.24) is 4.98 Å². The van der Waals surface area contributed by atoms with Crippen LogP contribution in [0.2, 0.25) is 0 Å². The van der Waals surface area contributed by atoms with Crippen molar-refractivity contribution in [1.29, 1.82) is 0 Å². The van der Waals surface area contributed by atoms with Crippen LogP contribution < -0.4 is 14.8 Å². The van der Waals surface area contributed by atoms with Crippen LogP contribution in [-0.4, -0.2) is 24.6 Å². The smallest absolute Gasteiger partial charge is 0.262 e. The lowest BCUT2D eigenvalue weighted by Crippen LogP contribution is -2.20. The molecule has 5 nitrogen and oxygen atoms in total. The summed E-state index contributed by atoms with van der Waals surface area (Å²) in [7, 11) is 1.65. The first-order valence-electron chi connectivity index (χ1n) is 9.91. The Hall–Kier alpha value is -4.12. The molecule has 0 bridgehead atoms. The first-order chi connectivity index (χ1) is 15.2. The number of pyridine rings is 1. The van der Waals surface area contributed by atoms with Gasteiger partial charge < -0.3 is 14.8 Å². The molecule has 0 radical (unpaired) electrons. The molecule has 1 aromatic heterocycles. The Morgan fingerprint density at radius 1 is 0.774 bits per heavy atom. The van der Waals surface area contributed by atoms with Crippen LogP contribution in [0.5, 0.6) is 11.5 Å². The van der Waals surface area contributed by atoms with Gasteiger partial charge in [-0.25, -0.2) is 4.98 Å². The fourth-order valence-electron chi connectivity index (χ4n) is 3.14. The Bertz CT molecular complexity index is 1160. The lowest BCUT2D eigenvalue weighted by molar-refractivity contribution is -0.118. The molecule has 1 amide bonds. The zero-order valence-electron chi connectivity index (χ0n) is 17.1. The lowest BCUT2D eigenvalue weighted by Gasteiger charge is -2.10. The van der Waals surface area contributed by atoms with E-state index in [-0.39, 0.29) is 12.5 Å². The van der Waals surface area contributed by atoms with Gasteiger partial charge in [-0.1, -0.05) is 36.4 Å². The molecule has 31 heavy (non-hydrogen) atoms. The highest BCUT2D eigenvalue weighted by molar-refractivity contribution is 5.92. The van der Waals surface area contributed by atoms with Crippen LogP contribution in [0, 0.1) is 0 Å². The third-order valence-corrected chi connectivity index (χ3v) is 4.69. The quantitative estimate of drug-likeness (QED) is 0.441. The molecule has 0 fully saturated rings. The molecule has 0 atom stereocenters. The average Bonchev–Trinajstić information content (AvgIpc) is 2.84. The van der Waals surface area contributed by atoms with E-state index >= 15 is 0 Å². The van der Waals surface area contributed by atoms with Gasteiger partial charge in [0.05, 0.1) is 18.5 Å². The first kappa shape index (κ1) is 20.2. The molecule has 0 spiro atoms. The molecule has 5 heteroatoms. The molecule has 0 aliphatic carbocycles. The summed E-state index contributed by atoms with van der Waals surface area (Å²) in [6, 6.07) is 30.6. The normalized spacial score (nSPS) is 10.4. The molecule has 154 valence electrons. The highest BCUT2D eigenvalue weighted by Crippen LogP contribution is 2.26. The number of methoxy groups -OCH3 is 1. The Labute approximate surface area is 181 Å². The van der Waals surface area contributed by atoms with E-state index in [1.54, 1.807) is 7.11 Å². The van der Waals surface area contributed by atoms with Crippen LogP contribution in [0.4, 0.5) is 5.69 Å². The Morgan fingerprint density at radius 3 is 2.23 bits per heavy atom. The molecule has 0 aliphatic heterocycles. The van der Waals surface area contributed by atoms with Gasteiger partial charge in [-0.15, -0.1) is 0 Å². The molecule has 0 aliphatic rings. The van der Waals surface area contributed by atoms with Gasteiger partial charge in [-0.3, -0.25) is 4.79 Å². The second-order valence-corrected chi connectivity index (χ2v) is 6.87. The number of nitrogens with one attached hydrogen (secondary N) is 1. The fourth-order valence-corrected chi connectivity index (χ4v) is 3.14. The number of anilines is 1. The number of benzene rings is 3. The number of hydrogen-bond donors (Lipinski definition) is 1. The molecule has 0 saturated heterocycles. The van der Waals surface area contributed by atoms with Crippen molar-refractivity contribution in [2.75, 3.05) is 19.0 Å². The molecular formula is C26H22N2O3. The predicted molar refractivity (Wildman–Crippen MR) is 122 cm³/mol. The summed E-state index contributed by atoms with van der Waals surface area (Å²) < 4.78 is 10.7. The summed E-state index contributed by atoms with van der Waals surface area (Å²) >= 11 is 0. The van der Waals surface area contributed by atoms with Gasteiger partial charge in [-0.05, 0) is 60.7 Å². The molecule has 0 unspecified atom stereocenters. The number of carbonyl (C=O) groups excluding carboxylic acids is 1. The standard InChI is InChI=1S/C26H22N2O3/c1-30-22-15-13-19(14-16-22)24-11-6-12-25(28-24)20-7-5-8-21(17-20)27-26(29)18-31-23-9-3-2-4-10-23/h2-17H,18H2,1H3,(H,27,29). The van der Waals surface area contributed by atoms with Gasteiger partial charge in [0.2, 0.25) is 0 Å². The largest absolute Gasteiger partial charge is 0.497 e. The number of amides is 1. The van der Waals surface area contributed by atoms with E-state index < -0.39 is 0 Å². The number of hydrogen-bond acceptors (Lipinski definition) is 4. The van der Waals surface area contributed by atoms with Crippen LogP contribution >= 0.6 is 0 Å². The minimum Gasteiger partial charge on any atom is -0.497 e. The zero-order chi connectivity index (χ0) is 21.5. The van der Waals surface area contributed by atoms with Crippen molar-refractivity contribution in [2.45, 2.75) is 0 Å². The van der Waals surface area contributed by atoms with Gasteiger partial charge in [0.1, 0.15) is 11.5 Å².